The highest BCUT2D eigenvalue weighted by Gasteiger charge is 2.04. The standard InChI is InChI=1S/C16H18N4S/c1-3-20-15(7-8-18-20)10-17-14-6-4-5-13(9-14)16-11-21-12(2)19-16/h4-9,11,17H,3,10H2,1-2H3. The number of aryl methyl sites for hydroxylation is 2. The van der Waals surface area contributed by atoms with E-state index in [1.165, 1.54) is 5.69 Å². The second-order valence-corrected chi connectivity index (χ2v) is 5.89. The number of thiazole rings is 1. The fraction of sp³-hybridized carbons (Fsp3) is 0.250. The molecule has 3 rings (SSSR count). The number of rotatable bonds is 5. The summed E-state index contributed by atoms with van der Waals surface area (Å²) in [7, 11) is 0. The molecular formula is C16H18N4S. The smallest absolute Gasteiger partial charge is 0.0901 e. The lowest BCUT2D eigenvalue weighted by Crippen LogP contribution is -2.07. The summed E-state index contributed by atoms with van der Waals surface area (Å²) < 4.78 is 2.00. The lowest BCUT2D eigenvalue weighted by atomic mass is 10.1. The number of nitrogens with one attached hydrogen (secondary N) is 1. The zero-order valence-electron chi connectivity index (χ0n) is 12.2. The molecule has 0 amide bonds. The predicted octanol–water partition coefficient (Wildman–Crippen LogP) is 3.95. The van der Waals surface area contributed by atoms with Gasteiger partial charge in [0.25, 0.3) is 0 Å². The van der Waals surface area contributed by atoms with Crippen molar-refractivity contribution in [3.63, 3.8) is 0 Å². The summed E-state index contributed by atoms with van der Waals surface area (Å²) in [4.78, 5) is 4.54. The van der Waals surface area contributed by atoms with Crippen LogP contribution in [0.25, 0.3) is 11.3 Å². The largest absolute Gasteiger partial charge is 0.379 e. The molecule has 0 saturated carbocycles. The molecule has 21 heavy (non-hydrogen) atoms. The molecule has 0 atom stereocenters. The molecule has 0 aliphatic heterocycles. The Morgan fingerprint density at radius 1 is 1.29 bits per heavy atom. The van der Waals surface area contributed by atoms with E-state index in [1.54, 1.807) is 11.3 Å². The van der Waals surface area contributed by atoms with E-state index in [1.807, 2.05) is 23.9 Å². The van der Waals surface area contributed by atoms with Crippen molar-refractivity contribution >= 4 is 17.0 Å². The van der Waals surface area contributed by atoms with Gasteiger partial charge in [0.1, 0.15) is 0 Å². The summed E-state index contributed by atoms with van der Waals surface area (Å²) in [5.41, 5.74) is 4.47. The fourth-order valence-corrected chi connectivity index (χ4v) is 2.89. The first-order chi connectivity index (χ1) is 10.3. The van der Waals surface area contributed by atoms with Gasteiger partial charge < -0.3 is 5.32 Å². The topological polar surface area (TPSA) is 42.7 Å². The number of aromatic nitrogens is 3. The average Bonchev–Trinajstić information content (AvgIpc) is 3.14. The minimum absolute atomic E-state index is 0.771. The first kappa shape index (κ1) is 13.8. The van der Waals surface area contributed by atoms with Crippen LogP contribution in [-0.4, -0.2) is 14.8 Å². The van der Waals surface area contributed by atoms with E-state index >= 15 is 0 Å². The van der Waals surface area contributed by atoms with Gasteiger partial charge in [0.05, 0.1) is 22.9 Å². The SMILES string of the molecule is CCn1nccc1CNc1cccc(-c2csc(C)n2)c1. The molecule has 0 saturated heterocycles. The summed E-state index contributed by atoms with van der Waals surface area (Å²) >= 11 is 1.68. The normalized spacial score (nSPS) is 10.8. The average molecular weight is 298 g/mol. The first-order valence-electron chi connectivity index (χ1n) is 7.03. The van der Waals surface area contributed by atoms with Gasteiger partial charge in [0.2, 0.25) is 0 Å². The molecule has 1 N–H and O–H groups in total. The molecule has 2 heterocycles. The Bertz CT molecular complexity index is 729. The minimum Gasteiger partial charge on any atom is -0.379 e. The van der Waals surface area contributed by atoms with Crippen molar-refractivity contribution in [2.24, 2.45) is 0 Å². The van der Waals surface area contributed by atoms with Gasteiger partial charge in [-0.2, -0.15) is 5.10 Å². The van der Waals surface area contributed by atoms with E-state index in [4.69, 9.17) is 0 Å². The lowest BCUT2D eigenvalue weighted by Gasteiger charge is -2.09. The van der Waals surface area contributed by atoms with Gasteiger partial charge in [0, 0.05) is 29.4 Å². The van der Waals surface area contributed by atoms with E-state index in [2.05, 4.69) is 52.0 Å². The quantitative estimate of drug-likeness (QED) is 0.775. The van der Waals surface area contributed by atoms with Gasteiger partial charge in [0.15, 0.2) is 0 Å². The molecule has 3 aromatic rings. The highest BCUT2D eigenvalue weighted by Crippen LogP contribution is 2.24. The third-order valence-corrected chi connectivity index (χ3v) is 4.13. The number of anilines is 1. The highest BCUT2D eigenvalue weighted by atomic mass is 32.1. The molecule has 5 heteroatoms. The second-order valence-electron chi connectivity index (χ2n) is 4.82. The summed E-state index contributed by atoms with van der Waals surface area (Å²) in [6.07, 6.45) is 1.84. The minimum atomic E-state index is 0.771. The van der Waals surface area contributed by atoms with Gasteiger partial charge in [-0.15, -0.1) is 11.3 Å². The van der Waals surface area contributed by atoms with Gasteiger partial charge in [-0.05, 0) is 32.0 Å². The Labute approximate surface area is 128 Å². The highest BCUT2D eigenvalue weighted by molar-refractivity contribution is 7.09. The first-order valence-corrected chi connectivity index (χ1v) is 7.91. The summed E-state index contributed by atoms with van der Waals surface area (Å²) in [6, 6.07) is 10.4. The van der Waals surface area contributed by atoms with Crippen molar-refractivity contribution < 1.29 is 0 Å². The molecule has 0 unspecified atom stereocenters. The maximum Gasteiger partial charge on any atom is 0.0901 e. The molecule has 2 aromatic heterocycles. The van der Waals surface area contributed by atoms with Crippen LogP contribution in [0.5, 0.6) is 0 Å². The number of hydrogen-bond donors (Lipinski definition) is 1. The molecule has 0 radical (unpaired) electrons. The van der Waals surface area contributed by atoms with E-state index in [0.29, 0.717) is 0 Å². The van der Waals surface area contributed by atoms with Crippen LogP contribution in [0.2, 0.25) is 0 Å². The van der Waals surface area contributed by atoms with Crippen molar-refractivity contribution in [3.05, 3.63) is 52.6 Å². The van der Waals surface area contributed by atoms with E-state index in [-0.39, 0.29) is 0 Å². The van der Waals surface area contributed by atoms with E-state index in [0.717, 1.165) is 35.0 Å². The summed E-state index contributed by atoms with van der Waals surface area (Å²) in [6.45, 7) is 5.79. The van der Waals surface area contributed by atoms with Crippen LogP contribution in [0, 0.1) is 6.92 Å². The molecule has 0 aliphatic rings. The van der Waals surface area contributed by atoms with E-state index < -0.39 is 0 Å². The van der Waals surface area contributed by atoms with Crippen LogP contribution in [0.4, 0.5) is 5.69 Å². The zero-order valence-corrected chi connectivity index (χ0v) is 13.0. The zero-order chi connectivity index (χ0) is 14.7. The van der Waals surface area contributed by atoms with E-state index in [9.17, 15) is 0 Å². The molecule has 0 aliphatic carbocycles. The van der Waals surface area contributed by atoms with Crippen LogP contribution < -0.4 is 5.32 Å². The van der Waals surface area contributed by atoms with Gasteiger partial charge in [-0.1, -0.05) is 12.1 Å². The molecule has 0 fully saturated rings. The maximum atomic E-state index is 4.54. The number of benzene rings is 1. The monoisotopic (exact) mass is 298 g/mol. The lowest BCUT2D eigenvalue weighted by molar-refractivity contribution is 0.627. The van der Waals surface area contributed by atoms with Crippen LogP contribution in [0.3, 0.4) is 0 Å². The molecule has 0 bridgehead atoms. The fourth-order valence-electron chi connectivity index (χ4n) is 2.27. The molecular weight excluding hydrogens is 280 g/mol. The second kappa shape index (κ2) is 6.10. The van der Waals surface area contributed by atoms with Crippen LogP contribution in [0.1, 0.15) is 17.6 Å². The van der Waals surface area contributed by atoms with Gasteiger partial charge in [-0.3, -0.25) is 4.68 Å². The molecule has 4 nitrogen and oxygen atoms in total. The van der Waals surface area contributed by atoms with Gasteiger partial charge >= 0.3 is 0 Å². The summed E-state index contributed by atoms with van der Waals surface area (Å²) in [5, 5.41) is 10.9. The van der Waals surface area contributed by atoms with Gasteiger partial charge in [-0.25, -0.2) is 4.98 Å². The third kappa shape index (κ3) is 3.13. The van der Waals surface area contributed by atoms with Crippen LogP contribution in [-0.2, 0) is 13.1 Å². The Morgan fingerprint density at radius 3 is 2.95 bits per heavy atom. The Kier molecular flexibility index (Phi) is 4.01. The van der Waals surface area contributed by atoms with Crippen molar-refractivity contribution in [2.75, 3.05) is 5.32 Å². The molecule has 108 valence electrons. The van der Waals surface area contributed by atoms with Crippen molar-refractivity contribution in [2.45, 2.75) is 26.9 Å². The van der Waals surface area contributed by atoms with Crippen molar-refractivity contribution in [1.82, 2.24) is 14.8 Å². The Morgan fingerprint density at radius 2 is 2.19 bits per heavy atom. The number of nitrogens with zero attached hydrogens (tertiary/aromatic N) is 3. The molecule has 1 aromatic carbocycles. The van der Waals surface area contributed by atoms with Crippen LogP contribution >= 0.6 is 11.3 Å². The predicted molar refractivity (Wildman–Crippen MR) is 87.5 cm³/mol. The van der Waals surface area contributed by atoms with Crippen LogP contribution in [0.15, 0.2) is 41.9 Å². The Hall–Kier alpha value is -2.14. The number of hydrogen-bond acceptors (Lipinski definition) is 4. The van der Waals surface area contributed by atoms with Crippen molar-refractivity contribution in [1.29, 1.82) is 0 Å². The Balaban J connectivity index is 1.74. The summed E-state index contributed by atoms with van der Waals surface area (Å²) in [5.74, 6) is 0. The third-order valence-electron chi connectivity index (χ3n) is 3.36. The maximum absolute atomic E-state index is 4.54. The molecule has 0 spiro atoms. The van der Waals surface area contributed by atoms with Crippen molar-refractivity contribution in [3.8, 4) is 11.3 Å².